The molecule has 3 rings (SSSR count). The van der Waals surface area contributed by atoms with Gasteiger partial charge in [-0.2, -0.15) is 0 Å². The van der Waals surface area contributed by atoms with Gasteiger partial charge in [0.1, 0.15) is 0 Å². The molecule has 5 atom stereocenters. The summed E-state index contributed by atoms with van der Waals surface area (Å²) in [5.41, 5.74) is 6.21. The van der Waals surface area contributed by atoms with Crippen LogP contribution in [0.25, 0.3) is 0 Å². The Morgan fingerprint density at radius 1 is 0.917 bits per heavy atom. The first-order valence-electron chi connectivity index (χ1n) is 5.62. The van der Waals surface area contributed by atoms with Gasteiger partial charge in [-0.1, -0.05) is 6.42 Å². The largest absolute Gasteiger partial charge is 0.327 e. The molecule has 3 aliphatic carbocycles. The lowest BCUT2D eigenvalue weighted by atomic mass is 9.69. The fraction of sp³-hybridized carbons (Fsp3) is 1.00. The van der Waals surface area contributed by atoms with E-state index in [-0.39, 0.29) is 0 Å². The summed E-state index contributed by atoms with van der Waals surface area (Å²) in [7, 11) is 0. The van der Waals surface area contributed by atoms with Crippen LogP contribution < -0.4 is 5.73 Å². The summed E-state index contributed by atoms with van der Waals surface area (Å²) in [6, 6.07) is 0.569. The van der Waals surface area contributed by atoms with Crippen LogP contribution in [0.15, 0.2) is 0 Å². The van der Waals surface area contributed by atoms with Gasteiger partial charge in [-0.15, -0.1) is 0 Å². The lowest BCUT2D eigenvalue weighted by molar-refractivity contribution is 0.135. The Morgan fingerprint density at radius 3 is 2.58 bits per heavy atom. The molecular formula is C11H19N. The summed E-state index contributed by atoms with van der Waals surface area (Å²) in [6.07, 6.45) is 8.77. The van der Waals surface area contributed by atoms with E-state index in [2.05, 4.69) is 0 Å². The minimum Gasteiger partial charge on any atom is -0.327 e. The molecule has 1 heteroatoms. The van der Waals surface area contributed by atoms with Gasteiger partial charge in [-0.25, -0.2) is 0 Å². The summed E-state index contributed by atoms with van der Waals surface area (Å²) in [4.78, 5) is 0. The number of rotatable bonds is 0. The highest BCUT2D eigenvalue weighted by Gasteiger charge is 2.50. The van der Waals surface area contributed by atoms with Gasteiger partial charge in [0.15, 0.2) is 0 Å². The van der Waals surface area contributed by atoms with E-state index in [9.17, 15) is 0 Å². The molecular weight excluding hydrogens is 146 g/mol. The fourth-order valence-corrected chi connectivity index (χ4v) is 4.33. The molecule has 0 aromatic rings. The molecule has 3 fully saturated rings. The van der Waals surface area contributed by atoms with Crippen LogP contribution in [0.5, 0.6) is 0 Å². The van der Waals surface area contributed by atoms with Gasteiger partial charge in [-0.3, -0.25) is 0 Å². The third-order valence-electron chi connectivity index (χ3n) is 4.73. The topological polar surface area (TPSA) is 26.0 Å². The van der Waals surface area contributed by atoms with Crippen molar-refractivity contribution in [2.45, 2.75) is 44.6 Å². The molecule has 0 amide bonds. The zero-order valence-corrected chi connectivity index (χ0v) is 7.71. The second-order valence-corrected chi connectivity index (χ2v) is 5.17. The van der Waals surface area contributed by atoms with Crippen molar-refractivity contribution in [1.29, 1.82) is 0 Å². The quantitative estimate of drug-likeness (QED) is 0.585. The first-order chi connectivity index (χ1) is 5.86. The van der Waals surface area contributed by atoms with Gasteiger partial charge in [0, 0.05) is 6.04 Å². The molecule has 68 valence electrons. The van der Waals surface area contributed by atoms with Crippen molar-refractivity contribution in [2.24, 2.45) is 29.4 Å². The van der Waals surface area contributed by atoms with E-state index < -0.39 is 0 Å². The van der Waals surface area contributed by atoms with Crippen LogP contribution in [0, 0.1) is 23.7 Å². The van der Waals surface area contributed by atoms with Crippen LogP contribution in [0.3, 0.4) is 0 Å². The molecule has 0 aliphatic heterocycles. The van der Waals surface area contributed by atoms with Crippen molar-refractivity contribution in [3.8, 4) is 0 Å². The smallest absolute Gasteiger partial charge is 0.00725 e. The third kappa shape index (κ3) is 0.834. The van der Waals surface area contributed by atoms with E-state index in [1.165, 1.54) is 38.5 Å². The molecule has 3 saturated carbocycles. The Morgan fingerprint density at radius 2 is 1.75 bits per heavy atom. The predicted octanol–water partition coefficient (Wildman–Crippen LogP) is 2.16. The van der Waals surface area contributed by atoms with Crippen LogP contribution in [0.2, 0.25) is 0 Å². The van der Waals surface area contributed by atoms with Crippen molar-refractivity contribution in [1.82, 2.24) is 0 Å². The number of hydrogen-bond acceptors (Lipinski definition) is 1. The molecule has 0 radical (unpaired) electrons. The van der Waals surface area contributed by atoms with Crippen LogP contribution in [0.4, 0.5) is 0 Å². The second kappa shape index (κ2) is 2.47. The van der Waals surface area contributed by atoms with Crippen molar-refractivity contribution in [3.05, 3.63) is 0 Å². The molecule has 0 aromatic carbocycles. The Balaban J connectivity index is 1.86. The lowest BCUT2D eigenvalue weighted by Crippen LogP contribution is -2.41. The Bertz CT molecular complexity index is 189. The van der Waals surface area contributed by atoms with E-state index in [1.54, 1.807) is 0 Å². The molecule has 3 aliphatic rings. The normalized spacial score (nSPS) is 57.2. The van der Waals surface area contributed by atoms with Crippen molar-refractivity contribution < 1.29 is 0 Å². The van der Waals surface area contributed by atoms with E-state index in [0.717, 1.165) is 23.7 Å². The Kier molecular flexibility index (Phi) is 1.52. The highest BCUT2D eigenvalue weighted by Crippen LogP contribution is 2.56. The van der Waals surface area contributed by atoms with E-state index >= 15 is 0 Å². The maximum atomic E-state index is 6.21. The number of fused-ring (bicyclic) bond motifs is 5. The first-order valence-corrected chi connectivity index (χ1v) is 5.62. The summed E-state index contributed by atoms with van der Waals surface area (Å²) in [6.45, 7) is 0. The molecule has 2 N–H and O–H groups in total. The Hall–Kier alpha value is -0.0400. The fourth-order valence-electron chi connectivity index (χ4n) is 4.33. The van der Waals surface area contributed by atoms with Crippen LogP contribution >= 0.6 is 0 Å². The SMILES string of the molecule is NC1CCC[C@H]2[C@@H]3CC[C@@H](C3)[C@@H]12. The highest BCUT2D eigenvalue weighted by molar-refractivity contribution is 5.01. The Labute approximate surface area is 74.7 Å². The highest BCUT2D eigenvalue weighted by atomic mass is 14.7. The minimum atomic E-state index is 0.569. The van der Waals surface area contributed by atoms with Crippen molar-refractivity contribution >= 4 is 0 Å². The standard InChI is InChI=1S/C11H19N/c12-10-3-1-2-9-7-4-5-8(6-7)11(9)10/h7-11H,1-6,12H2/t7-,8+,9+,10?,11-/m1/s1. The van der Waals surface area contributed by atoms with Gasteiger partial charge in [0.05, 0.1) is 0 Å². The van der Waals surface area contributed by atoms with Gasteiger partial charge < -0.3 is 5.73 Å². The molecule has 0 aromatic heterocycles. The average molecular weight is 165 g/mol. The monoisotopic (exact) mass is 165 g/mol. The predicted molar refractivity (Wildman–Crippen MR) is 49.6 cm³/mol. The average Bonchev–Trinajstić information content (AvgIpc) is 2.64. The molecule has 2 bridgehead atoms. The number of hydrogen-bond donors (Lipinski definition) is 1. The molecule has 12 heavy (non-hydrogen) atoms. The molecule has 0 spiro atoms. The summed E-state index contributed by atoms with van der Waals surface area (Å²) in [5.74, 6) is 4.12. The molecule has 1 nitrogen and oxygen atoms in total. The van der Waals surface area contributed by atoms with Crippen LogP contribution in [-0.2, 0) is 0 Å². The maximum Gasteiger partial charge on any atom is 0.00725 e. The first kappa shape index (κ1) is 7.37. The van der Waals surface area contributed by atoms with Gasteiger partial charge in [-0.05, 0) is 55.8 Å². The van der Waals surface area contributed by atoms with Crippen molar-refractivity contribution in [2.75, 3.05) is 0 Å². The second-order valence-electron chi connectivity index (χ2n) is 5.17. The van der Waals surface area contributed by atoms with Crippen LogP contribution in [0.1, 0.15) is 38.5 Å². The van der Waals surface area contributed by atoms with E-state index in [1.807, 2.05) is 0 Å². The molecule has 0 heterocycles. The van der Waals surface area contributed by atoms with Crippen molar-refractivity contribution in [3.63, 3.8) is 0 Å². The van der Waals surface area contributed by atoms with Gasteiger partial charge in [0.25, 0.3) is 0 Å². The zero-order valence-electron chi connectivity index (χ0n) is 7.71. The van der Waals surface area contributed by atoms with E-state index in [4.69, 9.17) is 5.73 Å². The zero-order chi connectivity index (χ0) is 8.13. The van der Waals surface area contributed by atoms with E-state index in [0.29, 0.717) is 6.04 Å². The summed E-state index contributed by atoms with van der Waals surface area (Å²) < 4.78 is 0. The summed E-state index contributed by atoms with van der Waals surface area (Å²) >= 11 is 0. The number of nitrogens with two attached hydrogens (primary N) is 1. The summed E-state index contributed by atoms with van der Waals surface area (Å²) in [5, 5.41) is 0. The third-order valence-corrected chi connectivity index (χ3v) is 4.73. The maximum absolute atomic E-state index is 6.21. The van der Waals surface area contributed by atoms with Gasteiger partial charge in [0.2, 0.25) is 0 Å². The van der Waals surface area contributed by atoms with Gasteiger partial charge >= 0.3 is 0 Å². The minimum absolute atomic E-state index is 0.569. The molecule has 1 unspecified atom stereocenters. The van der Waals surface area contributed by atoms with Crippen LogP contribution in [-0.4, -0.2) is 6.04 Å². The lowest BCUT2D eigenvalue weighted by Gasteiger charge is -2.39. The molecule has 0 saturated heterocycles.